The molecule has 0 atom stereocenters. The molecule has 0 unspecified atom stereocenters. The molecule has 0 aromatic heterocycles. The third-order valence-corrected chi connectivity index (χ3v) is 2.65. The van der Waals surface area contributed by atoms with Crippen molar-refractivity contribution in [2.24, 2.45) is 0 Å². The first-order chi connectivity index (χ1) is 4.83. The Hall–Kier alpha value is 0.175. The summed E-state index contributed by atoms with van der Waals surface area (Å²) >= 11 is 3.54. The molecule has 0 aromatic rings. The minimum Gasteiger partial charge on any atom is -0.340 e. The standard InChI is InChI=1S/C6H10BBrNO/c8-6-1-3-9(4-2-6)7-5-10/h5-6H,1-4H2. The number of piperidine rings is 1. The van der Waals surface area contributed by atoms with Crippen LogP contribution in [0.4, 0.5) is 0 Å². The van der Waals surface area contributed by atoms with Gasteiger partial charge in [0.2, 0.25) is 0 Å². The van der Waals surface area contributed by atoms with Gasteiger partial charge in [0.1, 0.15) is 0 Å². The molecule has 0 aliphatic carbocycles. The lowest BCUT2D eigenvalue weighted by molar-refractivity contribution is 0.372. The molecule has 10 heavy (non-hydrogen) atoms. The van der Waals surface area contributed by atoms with Crippen LogP contribution < -0.4 is 0 Å². The summed E-state index contributed by atoms with van der Waals surface area (Å²) in [5.74, 6) is 0. The molecule has 1 rings (SSSR count). The average Bonchev–Trinajstić information content (AvgIpc) is 1.95. The summed E-state index contributed by atoms with van der Waals surface area (Å²) in [5.41, 5.74) is 0. The first-order valence-corrected chi connectivity index (χ1v) is 4.41. The van der Waals surface area contributed by atoms with Crippen molar-refractivity contribution in [3.63, 3.8) is 0 Å². The Kier molecular flexibility index (Phi) is 3.42. The molecule has 0 bridgehead atoms. The van der Waals surface area contributed by atoms with Gasteiger partial charge < -0.3 is 9.61 Å². The van der Waals surface area contributed by atoms with Gasteiger partial charge in [0.25, 0.3) is 7.41 Å². The van der Waals surface area contributed by atoms with Gasteiger partial charge in [-0.05, 0) is 25.9 Å². The summed E-state index contributed by atoms with van der Waals surface area (Å²) < 4.78 is 0. The largest absolute Gasteiger partial charge is 0.340 e. The zero-order valence-electron chi connectivity index (χ0n) is 5.79. The number of hydrogen-bond acceptors (Lipinski definition) is 2. The second-order valence-corrected chi connectivity index (χ2v) is 3.79. The lowest BCUT2D eigenvalue weighted by Crippen LogP contribution is -2.37. The Bertz CT molecular complexity index is 114. The highest BCUT2D eigenvalue weighted by molar-refractivity contribution is 9.09. The maximum atomic E-state index is 10.0. The molecule has 55 valence electrons. The minimum atomic E-state index is 0.656. The van der Waals surface area contributed by atoms with Gasteiger partial charge in [-0.1, -0.05) is 15.9 Å². The molecule has 0 amide bonds. The molecule has 0 aromatic carbocycles. The summed E-state index contributed by atoms with van der Waals surface area (Å²) in [5, 5.41) is 0. The van der Waals surface area contributed by atoms with E-state index in [1.54, 1.807) is 7.41 Å². The van der Waals surface area contributed by atoms with E-state index in [0.29, 0.717) is 4.83 Å². The molecule has 1 aliphatic heterocycles. The SMILES string of the molecule is O=C[B]N1CCC(Br)CC1. The van der Waals surface area contributed by atoms with E-state index in [2.05, 4.69) is 20.7 Å². The lowest BCUT2D eigenvalue weighted by Gasteiger charge is -2.27. The van der Waals surface area contributed by atoms with Crippen LogP contribution >= 0.6 is 15.9 Å². The smallest absolute Gasteiger partial charge is 0.293 e. The van der Waals surface area contributed by atoms with Crippen molar-refractivity contribution >= 4 is 29.5 Å². The first kappa shape index (κ1) is 8.27. The van der Waals surface area contributed by atoms with Crippen molar-refractivity contribution < 1.29 is 4.79 Å². The van der Waals surface area contributed by atoms with E-state index in [-0.39, 0.29) is 0 Å². The molecule has 1 aliphatic rings. The van der Waals surface area contributed by atoms with Crippen LogP contribution in [0.3, 0.4) is 0 Å². The highest BCUT2D eigenvalue weighted by Gasteiger charge is 2.16. The van der Waals surface area contributed by atoms with Gasteiger partial charge in [0, 0.05) is 4.83 Å². The van der Waals surface area contributed by atoms with Crippen molar-refractivity contribution in [2.45, 2.75) is 17.7 Å². The third-order valence-electron chi connectivity index (χ3n) is 1.73. The Morgan fingerprint density at radius 3 is 2.60 bits per heavy atom. The van der Waals surface area contributed by atoms with Crippen molar-refractivity contribution in [3.8, 4) is 0 Å². The van der Waals surface area contributed by atoms with Gasteiger partial charge in [0.15, 0.2) is 0 Å². The fourth-order valence-electron chi connectivity index (χ4n) is 1.10. The monoisotopic (exact) mass is 202 g/mol. The molecule has 1 fully saturated rings. The van der Waals surface area contributed by atoms with Crippen LogP contribution in [-0.2, 0) is 4.79 Å². The molecular weight excluding hydrogens is 193 g/mol. The van der Waals surface area contributed by atoms with Crippen molar-refractivity contribution in [2.75, 3.05) is 13.1 Å². The fraction of sp³-hybridized carbons (Fsp3) is 0.833. The van der Waals surface area contributed by atoms with Crippen LogP contribution in [0.25, 0.3) is 0 Å². The summed E-state index contributed by atoms with van der Waals surface area (Å²) in [6.45, 7) is 2.02. The number of carbonyl (C=O) groups excluding carboxylic acids is 1. The van der Waals surface area contributed by atoms with Crippen molar-refractivity contribution in [3.05, 3.63) is 0 Å². The fourth-order valence-corrected chi connectivity index (χ4v) is 1.51. The average molecular weight is 203 g/mol. The molecule has 0 saturated carbocycles. The molecule has 1 saturated heterocycles. The van der Waals surface area contributed by atoms with E-state index in [0.717, 1.165) is 32.1 Å². The molecule has 1 heterocycles. The van der Waals surface area contributed by atoms with E-state index >= 15 is 0 Å². The summed E-state index contributed by atoms with van der Waals surface area (Å²) in [7, 11) is 1.62. The lowest BCUT2D eigenvalue weighted by atomic mass is 9.91. The number of rotatable bonds is 2. The topological polar surface area (TPSA) is 20.3 Å². The normalized spacial score (nSPS) is 22.5. The highest BCUT2D eigenvalue weighted by Crippen LogP contribution is 2.15. The van der Waals surface area contributed by atoms with Gasteiger partial charge in [-0.2, -0.15) is 0 Å². The zero-order valence-corrected chi connectivity index (χ0v) is 7.38. The van der Waals surface area contributed by atoms with E-state index in [9.17, 15) is 4.79 Å². The Morgan fingerprint density at radius 1 is 1.50 bits per heavy atom. The van der Waals surface area contributed by atoms with E-state index in [1.165, 1.54) is 0 Å². The summed E-state index contributed by atoms with van der Waals surface area (Å²) in [6, 6.07) is 0. The molecule has 1 radical (unpaired) electrons. The predicted molar refractivity (Wildman–Crippen MR) is 46.0 cm³/mol. The van der Waals surface area contributed by atoms with Crippen LogP contribution in [-0.4, -0.2) is 36.3 Å². The number of hydrogen-bond donors (Lipinski definition) is 0. The zero-order chi connectivity index (χ0) is 7.40. The van der Waals surface area contributed by atoms with Gasteiger partial charge >= 0.3 is 0 Å². The van der Waals surface area contributed by atoms with E-state index < -0.39 is 0 Å². The quantitative estimate of drug-likeness (QED) is 0.373. The Labute approximate surface area is 70.4 Å². The molecular formula is C6H10BBrNO. The maximum Gasteiger partial charge on any atom is 0.293 e. The molecule has 0 spiro atoms. The summed E-state index contributed by atoms with van der Waals surface area (Å²) in [4.78, 5) is 12.8. The number of alkyl halides is 1. The predicted octanol–water partition coefficient (Wildman–Crippen LogP) is 0.655. The first-order valence-electron chi connectivity index (χ1n) is 3.49. The van der Waals surface area contributed by atoms with Crippen molar-refractivity contribution in [1.82, 2.24) is 4.81 Å². The Balaban J connectivity index is 2.19. The van der Waals surface area contributed by atoms with Crippen LogP contribution in [0.15, 0.2) is 0 Å². The van der Waals surface area contributed by atoms with Crippen LogP contribution in [0.1, 0.15) is 12.8 Å². The third kappa shape index (κ3) is 2.42. The van der Waals surface area contributed by atoms with Gasteiger partial charge in [-0.15, -0.1) is 0 Å². The minimum absolute atomic E-state index is 0.656. The van der Waals surface area contributed by atoms with Crippen molar-refractivity contribution in [1.29, 1.82) is 0 Å². The van der Waals surface area contributed by atoms with Crippen LogP contribution in [0, 0.1) is 0 Å². The van der Waals surface area contributed by atoms with Crippen LogP contribution in [0.5, 0.6) is 0 Å². The number of nitrogens with zero attached hydrogens (tertiary/aromatic N) is 1. The number of halogens is 1. The van der Waals surface area contributed by atoms with Gasteiger partial charge in [0.05, 0.1) is 6.19 Å². The van der Waals surface area contributed by atoms with Gasteiger partial charge in [-0.25, -0.2) is 0 Å². The molecule has 4 heteroatoms. The van der Waals surface area contributed by atoms with E-state index in [1.807, 2.05) is 0 Å². The number of carbonyl (C=O) groups is 1. The summed E-state index contributed by atoms with van der Waals surface area (Å²) in [6.07, 6.45) is 3.14. The second kappa shape index (κ2) is 4.14. The highest BCUT2D eigenvalue weighted by atomic mass is 79.9. The second-order valence-electron chi connectivity index (χ2n) is 2.50. The van der Waals surface area contributed by atoms with E-state index in [4.69, 9.17) is 0 Å². The van der Waals surface area contributed by atoms with Gasteiger partial charge in [-0.3, -0.25) is 0 Å². The van der Waals surface area contributed by atoms with Crippen LogP contribution in [0.2, 0.25) is 0 Å². The molecule has 2 nitrogen and oxygen atoms in total. The molecule has 0 N–H and O–H groups in total. The maximum absolute atomic E-state index is 10.0. The Morgan fingerprint density at radius 2 is 2.10 bits per heavy atom.